The molecule has 1 aromatic heterocycles. The standard InChI is InChI=1S/C73H56N2/c1-50-18-38-63(39-19-50)74(64-40-20-51(2)21-41-64)65-42-44-66(45-43-65)75-72-46-36-61(53(4)68-16-10-11-17-69(68)67-15-9-8-12-52(67)3)48-70(72)71-49-62(37-47-73(71)75)60-34-32-59(33-35-60)58-30-26-55(27-31-58)23-22-54-24-28-57(29-25-54)56-13-6-5-7-14-56/h5-49H,4H2,1-3H3/b23-22+. The zero-order valence-electron chi connectivity index (χ0n) is 42.6. The second-order valence-corrected chi connectivity index (χ2v) is 19.7. The van der Waals surface area contributed by atoms with Gasteiger partial charge in [0, 0.05) is 33.5 Å². The minimum atomic E-state index is 0.998. The van der Waals surface area contributed by atoms with Gasteiger partial charge in [-0.1, -0.05) is 218 Å². The van der Waals surface area contributed by atoms with Gasteiger partial charge in [0.25, 0.3) is 0 Å². The molecule has 0 atom stereocenters. The van der Waals surface area contributed by atoms with Crippen molar-refractivity contribution in [3.63, 3.8) is 0 Å². The molecule has 0 saturated heterocycles. The zero-order chi connectivity index (χ0) is 50.8. The van der Waals surface area contributed by atoms with Crippen LogP contribution in [-0.2, 0) is 0 Å². The van der Waals surface area contributed by atoms with Crippen LogP contribution in [0.1, 0.15) is 38.9 Å². The van der Waals surface area contributed by atoms with Crippen LogP contribution >= 0.6 is 0 Å². The molecule has 358 valence electrons. The van der Waals surface area contributed by atoms with Gasteiger partial charge in [0.05, 0.1) is 11.0 Å². The monoisotopic (exact) mass is 960 g/mol. The average molecular weight is 961 g/mol. The molecule has 11 aromatic carbocycles. The molecule has 0 saturated carbocycles. The molecule has 0 amide bonds. The molecule has 0 radical (unpaired) electrons. The Bertz CT molecular complexity index is 3980. The Kier molecular flexibility index (Phi) is 12.5. The van der Waals surface area contributed by atoms with E-state index in [0.29, 0.717) is 0 Å². The van der Waals surface area contributed by atoms with Crippen molar-refractivity contribution < 1.29 is 0 Å². The van der Waals surface area contributed by atoms with Gasteiger partial charge in [-0.2, -0.15) is 0 Å². The summed E-state index contributed by atoms with van der Waals surface area (Å²) < 4.78 is 2.41. The minimum Gasteiger partial charge on any atom is -0.311 e. The van der Waals surface area contributed by atoms with E-state index >= 15 is 0 Å². The van der Waals surface area contributed by atoms with Crippen molar-refractivity contribution >= 4 is 56.6 Å². The first-order chi connectivity index (χ1) is 36.8. The van der Waals surface area contributed by atoms with Gasteiger partial charge in [-0.15, -0.1) is 0 Å². The largest absolute Gasteiger partial charge is 0.311 e. The Morgan fingerprint density at radius 2 is 0.800 bits per heavy atom. The van der Waals surface area contributed by atoms with Gasteiger partial charge in [-0.25, -0.2) is 0 Å². The number of nitrogens with zero attached hydrogens (tertiary/aromatic N) is 2. The fourth-order valence-electron chi connectivity index (χ4n) is 10.5. The highest BCUT2D eigenvalue weighted by atomic mass is 15.1. The number of anilines is 3. The predicted molar refractivity (Wildman–Crippen MR) is 321 cm³/mol. The topological polar surface area (TPSA) is 8.17 Å². The summed E-state index contributed by atoms with van der Waals surface area (Å²) in [6.45, 7) is 11.2. The van der Waals surface area contributed by atoms with Gasteiger partial charge in [0.15, 0.2) is 0 Å². The Morgan fingerprint density at radius 1 is 0.373 bits per heavy atom. The first-order valence-corrected chi connectivity index (χ1v) is 25.8. The molecule has 12 rings (SSSR count). The number of benzene rings is 11. The number of hydrogen-bond acceptors (Lipinski definition) is 1. The van der Waals surface area contributed by atoms with E-state index < -0.39 is 0 Å². The molecular weight excluding hydrogens is 905 g/mol. The van der Waals surface area contributed by atoms with Crippen molar-refractivity contribution in [3.05, 3.63) is 306 Å². The Labute approximate surface area is 441 Å². The predicted octanol–water partition coefficient (Wildman–Crippen LogP) is 20.1. The second-order valence-electron chi connectivity index (χ2n) is 19.7. The summed E-state index contributed by atoms with van der Waals surface area (Å²) in [5, 5.41) is 2.37. The third-order valence-corrected chi connectivity index (χ3v) is 14.7. The third kappa shape index (κ3) is 9.43. The lowest BCUT2D eigenvalue weighted by Gasteiger charge is -2.26. The van der Waals surface area contributed by atoms with Gasteiger partial charge in [0.1, 0.15) is 0 Å². The molecular formula is C73H56N2. The van der Waals surface area contributed by atoms with E-state index in [1.165, 1.54) is 83.1 Å². The van der Waals surface area contributed by atoms with Crippen molar-refractivity contribution in [1.29, 1.82) is 0 Å². The number of hydrogen-bond donors (Lipinski definition) is 0. The number of aromatic nitrogens is 1. The second kappa shape index (κ2) is 20.2. The van der Waals surface area contributed by atoms with E-state index in [1.54, 1.807) is 0 Å². The quantitative estimate of drug-likeness (QED) is 0.111. The Hall–Kier alpha value is -9.50. The molecule has 75 heavy (non-hydrogen) atoms. The summed E-state index contributed by atoms with van der Waals surface area (Å²) in [4.78, 5) is 2.33. The number of aryl methyl sites for hydroxylation is 3. The first-order valence-electron chi connectivity index (χ1n) is 25.8. The summed E-state index contributed by atoms with van der Waals surface area (Å²) in [6, 6.07) is 94.7. The summed E-state index contributed by atoms with van der Waals surface area (Å²) in [5.41, 5.74) is 25.6. The van der Waals surface area contributed by atoms with E-state index in [4.69, 9.17) is 6.58 Å². The minimum absolute atomic E-state index is 0.998. The van der Waals surface area contributed by atoms with Crippen LogP contribution in [0.5, 0.6) is 0 Å². The molecule has 0 N–H and O–H groups in total. The van der Waals surface area contributed by atoms with Crippen molar-refractivity contribution in [1.82, 2.24) is 4.57 Å². The fourth-order valence-corrected chi connectivity index (χ4v) is 10.5. The highest BCUT2D eigenvalue weighted by Gasteiger charge is 2.19. The van der Waals surface area contributed by atoms with E-state index in [1.807, 2.05) is 0 Å². The Morgan fingerprint density at radius 3 is 1.36 bits per heavy atom. The number of fused-ring (bicyclic) bond motifs is 3. The van der Waals surface area contributed by atoms with Gasteiger partial charge >= 0.3 is 0 Å². The lowest BCUT2D eigenvalue weighted by Crippen LogP contribution is -2.10. The zero-order valence-corrected chi connectivity index (χ0v) is 42.6. The molecule has 0 aliphatic carbocycles. The van der Waals surface area contributed by atoms with Crippen molar-refractivity contribution in [2.24, 2.45) is 0 Å². The smallest absolute Gasteiger partial charge is 0.0541 e. The molecule has 2 heteroatoms. The van der Waals surface area contributed by atoms with Crippen LogP contribution in [0.15, 0.2) is 267 Å². The molecule has 1 heterocycles. The van der Waals surface area contributed by atoms with Crippen LogP contribution in [-0.4, -0.2) is 4.57 Å². The molecule has 0 bridgehead atoms. The molecule has 12 aromatic rings. The highest BCUT2D eigenvalue weighted by molar-refractivity contribution is 6.12. The maximum Gasteiger partial charge on any atom is 0.0541 e. The van der Waals surface area contributed by atoms with Gasteiger partial charge in [-0.05, 0) is 171 Å². The Balaban J connectivity index is 0.887. The fraction of sp³-hybridized carbons (Fsp3) is 0.0411. The van der Waals surface area contributed by atoms with Crippen LogP contribution in [0.25, 0.3) is 89.7 Å². The summed E-state index contributed by atoms with van der Waals surface area (Å²) in [5.74, 6) is 0. The molecule has 0 unspecified atom stereocenters. The van der Waals surface area contributed by atoms with E-state index in [-0.39, 0.29) is 0 Å². The number of rotatable bonds is 12. The van der Waals surface area contributed by atoms with Crippen molar-refractivity contribution in [3.8, 4) is 50.2 Å². The molecule has 0 fully saturated rings. The molecule has 0 aliphatic heterocycles. The molecule has 0 aliphatic rings. The van der Waals surface area contributed by atoms with Gasteiger partial charge in [-0.3, -0.25) is 0 Å². The van der Waals surface area contributed by atoms with Gasteiger partial charge < -0.3 is 9.47 Å². The van der Waals surface area contributed by atoms with Crippen LogP contribution in [0.2, 0.25) is 0 Å². The normalized spacial score (nSPS) is 11.4. The lowest BCUT2D eigenvalue weighted by atomic mass is 9.89. The van der Waals surface area contributed by atoms with E-state index in [2.05, 4.69) is 303 Å². The van der Waals surface area contributed by atoms with E-state index in [9.17, 15) is 0 Å². The lowest BCUT2D eigenvalue weighted by molar-refractivity contribution is 1.17. The van der Waals surface area contributed by atoms with Crippen LogP contribution in [0, 0.1) is 20.8 Å². The van der Waals surface area contributed by atoms with Crippen LogP contribution in [0.3, 0.4) is 0 Å². The van der Waals surface area contributed by atoms with E-state index in [0.717, 1.165) is 50.5 Å². The summed E-state index contributed by atoms with van der Waals surface area (Å²) >= 11 is 0. The van der Waals surface area contributed by atoms with Crippen LogP contribution < -0.4 is 4.90 Å². The van der Waals surface area contributed by atoms with Crippen LogP contribution in [0.4, 0.5) is 17.1 Å². The van der Waals surface area contributed by atoms with Crippen molar-refractivity contribution in [2.45, 2.75) is 20.8 Å². The SMILES string of the molecule is C=C(c1ccc2c(c1)c1cc(-c3ccc(-c4ccc(/C=C/c5ccc(-c6ccccc6)cc5)cc4)cc3)ccc1n2-c1ccc(N(c2ccc(C)cc2)c2ccc(C)cc2)cc1)c1ccccc1-c1ccccc1C. The highest BCUT2D eigenvalue weighted by Crippen LogP contribution is 2.41. The summed E-state index contributed by atoms with van der Waals surface area (Å²) in [6.07, 6.45) is 4.36. The third-order valence-electron chi connectivity index (χ3n) is 14.7. The molecule has 2 nitrogen and oxygen atoms in total. The summed E-state index contributed by atoms with van der Waals surface area (Å²) in [7, 11) is 0. The maximum atomic E-state index is 4.77. The van der Waals surface area contributed by atoms with Gasteiger partial charge in [0.2, 0.25) is 0 Å². The average Bonchev–Trinajstić information content (AvgIpc) is 3.85. The molecule has 0 spiro atoms. The first kappa shape index (κ1) is 46.6. The maximum absolute atomic E-state index is 4.77. The van der Waals surface area contributed by atoms with Crippen molar-refractivity contribution in [2.75, 3.05) is 4.90 Å².